The summed E-state index contributed by atoms with van der Waals surface area (Å²) >= 11 is 0. The maximum Gasteiger partial charge on any atom is 0.0610 e. The van der Waals surface area contributed by atoms with Crippen molar-refractivity contribution in [2.45, 2.75) is 37.5 Å². The molecule has 3 atom stereocenters. The van der Waals surface area contributed by atoms with E-state index in [0.29, 0.717) is 0 Å². The van der Waals surface area contributed by atoms with Gasteiger partial charge in [-0.1, -0.05) is 0 Å². The van der Waals surface area contributed by atoms with Crippen LogP contribution in [0.4, 0.5) is 0 Å². The average molecular weight is 145 g/mol. The van der Waals surface area contributed by atoms with E-state index in [-0.39, 0.29) is 18.2 Å². The van der Waals surface area contributed by atoms with Gasteiger partial charge in [0, 0.05) is 13.2 Å². The molecule has 0 bridgehead atoms. The molecule has 1 rings (SSSR count). The molecule has 10 heavy (non-hydrogen) atoms. The van der Waals surface area contributed by atoms with Crippen LogP contribution in [0.15, 0.2) is 0 Å². The predicted molar refractivity (Wildman–Crippen MR) is 38.6 cm³/mol. The molecule has 1 aliphatic carbocycles. The summed E-state index contributed by atoms with van der Waals surface area (Å²) in [6.07, 6.45) is 2.25. The molecule has 3 nitrogen and oxygen atoms in total. The highest BCUT2D eigenvalue weighted by molar-refractivity contribution is 4.80. The van der Waals surface area contributed by atoms with Gasteiger partial charge in [0.15, 0.2) is 0 Å². The largest absolute Gasteiger partial charge is 0.393 e. The molecule has 0 aromatic heterocycles. The molecule has 0 spiro atoms. The molecule has 0 aliphatic heterocycles. The second kappa shape index (κ2) is 3.32. The number of aliphatic hydroxyl groups excluding tert-OH is 1. The van der Waals surface area contributed by atoms with E-state index in [0.717, 1.165) is 19.3 Å². The Balaban J connectivity index is 2.35. The van der Waals surface area contributed by atoms with E-state index in [1.165, 1.54) is 0 Å². The molecule has 0 amide bonds. The number of hydrogen-bond acceptors (Lipinski definition) is 3. The summed E-state index contributed by atoms with van der Waals surface area (Å²) in [5, 5.41) is 9.22. The van der Waals surface area contributed by atoms with Crippen LogP contribution >= 0.6 is 0 Å². The lowest BCUT2D eigenvalue weighted by Gasteiger charge is -2.29. The van der Waals surface area contributed by atoms with E-state index in [1.54, 1.807) is 7.11 Å². The summed E-state index contributed by atoms with van der Waals surface area (Å²) in [5.41, 5.74) is 5.65. The van der Waals surface area contributed by atoms with E-state index in [9.17, 15) is 5.11 Å². The van der Waals surface area contributed by atoms with Crippen molar-refractivity contribution in [3.8, 4) is 0 Å². The van der Waals surface area contributed by atoms with E-state index < -0.39 is 0 Å². The number of nitrogens with two attached hydrogens (primary N) is 1. The van der Waals surface area contributed by atoms with Gasteiger partial charge in [-0.25, -0.2) is 0 Å². The summed E-state index contributed by atoms with van der Waals surface area (Å²) in [6, 6.07) is 0.119. The molecule has 0 heterocycles. The summed E-state index contributed by atoms with van der Waals surface area (Å²) in [5.74, 6) is 0. The third-order valence-electron chi connectivity index (χ3n) is 2.01. The van der Waals surface area contributed by atoms with Gasteiger partial charge >= 0.3 is 0 Å². The van der Waals surface area contributed by atoms with Crippen molar-refractivity contribution >= 4 is 0 Å². The number of hydrogen-bond donors (Lipinski definition) is 2. The monoisotopic (exact) mass is 145 g/mol. The van der Waals surface area contributed by atoms with Crippen molar-refractivity contribution in [2.75, 3.05) is 7.11 Å². The van der Waals surface area contributed by atoms with Crippen LogP contribution in [0, 0.1) is 0 Å². The fourth-order valence-electron chi connectivity index (χ4n) is 1.47. The summed E-state index contributed by atoms with van der Waals surface area (Å²) in [4.78, 5) is 0. The number of methoxy groups -OCH3 is 1. The minimum Gasteiger partial charge on any atom is -0.393 e. The van der Waals surface area contributed by atoms with Crippen molar-refractivity contribution in [3.63, 3.8) is 0 Å². The molecule has 1 fully saturated rings. The first-order chi connectivity index (χ1) is 4.72. The first-order valence-electron chi connectivity index (χ1n) is 3.68. The standard InChI is InChI=1S/C7H15NO2/c1-10-7-3-5(8)2-6(9)4-7/h5-7,9H,2-4,8H2,1H3. The highest BCUT2D eigenvalue weighted by atomic mass is 16.5. The van der Waals surface area contributed by atoms with Crippen molar-refractivity contribution in [3.05, 3.63) is 0 Å². The topological polar surface area (TPSA) is 55.5 Å². The van der Waals surface area contributed by atoms with Crippen LogP contribution < -0.4 is 5.73 Å². The summed E-state index contributed by atoms with van der Waals surface area (Å²) in [6.45, 7) is 0. The van der Waals surface area contributed by atoms with E-state index >= 15 is 0 Å². The van der Waals surface area contributed by atoms with E-state index in [2.05, 4.69) is 0 Å². The van der Waals surface area contributed by atoms with Gasteiger partial charge in [0.1, 0.15) is 0 Å². The van der Waals surface area contributed by atoms with Gasteiger partial charge < -0.3 is 15.6 Å². The lowest BCUT2D eigenvalue weighted by molar-refractivity contribution is 0.00430. The first-order valence-corrected chi connectivity index (χ1v) is 3.68. The third kappa shape index (κ3) is 1.94. The third-order valence-corrected chi connectivity index (χ3v) is 2.01. The minimum atomic E-state index is -0.256. The maximum atomic E-state index is 9.22. The molecule has 1 saturated carbocycles. The molecule has 1 aliphatic rings. The van der Waals surface area contributed by atoms with Gasteiger partial charge in [-0.05, 0) is 19.3 Å². The Morgan fingerprint density at radius 2 is 2.10 bits per heavy atom. The molecule has 0 aromatic carbocycles. The Morgan fingerprint density at radius 3 is 2.60 bits per heavy atom. The lowest BCUT2D eigenvalue weighted by Crippen LogP contribution is -2.38. The zero-order valence-electron chi connectivity index (χ0n) is 6.29. The van der Waals surface area contributed by atoms with Crippen molar-refractivity contribution in [2.24, 2.45) is 5.73 Å². The zero-order chi connectivity index (χ0) is 7.56. The molecule has 0 radical (unpaired) electrons. The first kappa shape index (κ1) is 7.98. The van der Waals surface area contributed by atoms with Crippen molar-refractivity contribution in [1.82, 2.24) is 0 Å². The van der Waals surface area contributed by atoms with Crippen LogP contribution in [-0.4, -0.2) is 30.5 Å². The second-order valence-corrected chi connectivity index (χ2v) is 2.98. The van der Waals surface area contributed by atoms with Gasteiger partial charge in [0.05, 0.1) is 12.2 Å². The van der Waals surface area contributed by atoms with Gasteiger partial charge in [-0.3, -0.25) is 0 Å². The van der Waals surface area contributed by atoms with Crippen LogP contribution in [0.1, 0.15) is 19.3 Å². The highest BCUT2D eigenvalue weighted by Gasteiger charge is 2.24. The van der Waals surface area contributed by atoms with E-state index in [1.807, 2.05) is 0 Å². The fourth-order valence-corrected chi connectivity index (χ4v) is 1.47. The molecule has 3 unspecified atom stereocenters. The Morgan fingerprint density at radius 1 is 1.40 bits per heavy atom. The van der Waals surface area contributed by atoms with Crippen LogP contribution in [-0.2, 0) is 4.74 Å². The predicted octanol–water partition coefficient (Wildman–Crippen LogP) is -0.127. The molecule has 0 aromatic rings. The van der Waals surface area contributed by atoms with Crippen LogP contribution in [0.5, 0.6) is 0 Å². The molecular weight excluding hydrogens is 130 g/mol. The van der Waals surface area contributed by atoms with Crippen molar-refractivity contribution < 1.29 is 9.84 Å². The van der Waals surface area contributed by atoms with Crippen LogP contribution in [0.25, 0.3) is 0 Å². The van der Waals surface area contributed by atoms with Crippen LogP contribution in [0.3, 0.4) is 0 Å². The molecular formula is C7H15NO2. The maximum absolute atomic E-state index is 9.22. The van der Waals surface area contributed by atoms with Crippen molar-refractivity contribution in [1.29, 1.82) is 0 Å². The number of ether oxygens (including phenoxy) is 1. The summed E-state index contributed by atoms with van der Waals surface area (Å²) < 4.78 is 5.09. The van der Waals surface area contributed by atoms with Gasteiger partial charge in [0.25, 0.3) is 0 Å². The highest BCUT2D eigenvalue weighted by Crippen LogP contribution is 2.19. The average Bonchev–Trinajstić information content (AvgIpc) is 1.85. The van der Waals surface area contributed by atoms with Crippen LogP contribution in [0.2, 0.25) is 0 Å². The second-order valence-electron chi connectivity index (χ2n) is 2.98. The Bertz CT molecular complexity index is 97.8. The lowest BCUT2D eigenvalue weighted by atomic mass is 9.91. The molecule has 0 saturated heterocycles. The quantitative estimate of drug-likeness (QED) is 0.540. The minimum absolute atomic E-state index is 0.119. The fraction of sp³-hybridized carbons (Fsp3) is 1.00. The van der Waals surface area contributed by atoms with E-state index in [4.69, 9.17) is 10.5 Å². The summed E-state index contributed by atoms with van der Waals surface area (Å²) in [7, 11) is 1.66. The molecule has 3 N–H and O–H groups in total. The number of aliphatic hydroxyl groups is 1. The smallest absolute Gasteiger partial charge is 0.0610 e. The van der Waals surface area contributed by atoms with Gasteiger partial charge in [0.2, 0.25) is 0 Å². The Hall–Kier alpha value is -0.120. The molecule has 60 valence electrons. The normalized spacial score (nSPS) is 41.7. The Kier molecular flexibility index (Phi) is 2.65. The number of rotatable bonds is 1. The molecule has 3 heteroatoms. The SMILES string of the molecule is COC1CC(N)CC(O)C1. The Labute approximate surface area is 61.2 Å². The van der Waals surface area contributed by atoms with Gasteiger partial charge in [-0.15, -0.1) is 0 Å². The zero-order valence-corrected chi connectivity index (χ0v) is 6.29. The van der Waals surface area contributed by atoms with Gasteiger partial charge in [-0.2, -0.15) is 0 Å².